The minimum atomic E-state index is 0. The molecule has 29 heavy (non-hydrogen) atoms. The van der Waals surface area contributed by atoms with Gasteiger partial charge in [0.1, 0.15) is 0 Å². The fraction of sp³-hybridized carbons (Fsp3) is 0.545. The molecule has 0 aliphatic carbocycles. The first-order chi connectivity index (χ1) is 13.7. The minimum Gasteiger partial charge on any atom is -0.359 e. The van der Waals surface area contributed by atoms with Crippen LogP contribution in [0.4, 0.5) is 0 Å². The number of para-hydroxylation sites is 1. The summed E-state index contributed by atoms with van der Waals surface area (Å²) in [4.78, 5) is 18.8. The lowest BCUT2D eigenvalue weighted by Gasteiger charge is -2.34. The highest BCUT2D eigenvalue weighted by atomic mass is 127. The van der Waals surface area contributed by atoms with Gasteiger partial charge >= 0.3 is 0 Å². The lowest BCUT2D eigenvalue weighted by Crippen LogP contribution is -2.46. The van der Waals surface area contributed by atoms with Crippen LogP contribution in [0.2, 0.25) is 0 Å². The zero-order chi connectivity index (χ0) is 19.8. The maximum Gasteiger partial charge on any atom is 0.220 e. The van der Waals surface area contributed by atoms with Crippen LogP contribution in [-0.2, 0) is 11.3 Å². The predicted octanol–water partition coefficient (Wildman–Crippen LogP) is 3.46. The summed E-state index contributed by atoms with van der Waals surface area (Å²) in [6.45, 7) is 6.71. The molecule has 1 aromatic carbocycles. The van der Waals surface area contributed by atoms with E-state index in [2.05, 4.69) is 63.6 Å². The smallest absolute Gasteiger partial charge is 0.220 e. The number of rotatable bonds is 7. The summed E-state index contributed by atoms with van der Waals surface area (Å²) in [5.41, 5.74) is 1.29. The Kier molecular flexibility index (Phi) is 9.76. The number of carbonyl (C=O) groups is 1. The fourth-order valence-electron chi connectivity index (χ4n) is 3.90. The van der Waals surface area contributed by atoms with Crippen molar-refractivity contribution in [1.82, 2.24) is 20.1 Å². The Bertz CT molecular complexity index is 795. The van der Waals surface area contributed by atoms with Crippen molar-refractivity contribution in [2.45, 2.75) is 39.2 Å². The molecule has 0 spiro atoms. The second kappa shape index (κ2) is 12.0. The average Bonchev–Trinajstić information content (AvgIpc) is 3.14. The number of aromatic nitrogens is 1. The van der Waals surface area contributed by atoms with E-state index in [0.29, 0.717) is 12.3 Å². The molecule has 1 aliphatic rings. The monoisotopic (exact) mass is 511 g/mol. The zero-order valence-corrected chi connectivity index (χ0v) is 19.9. The first-order valence-corrected chi connectivity index (χ1v) is 10.5. The number of likely N-dealkylation sites (tertiary alicyclic amines) is 1. The Balaban J connectivity index is 0.00000300. The van der Waals surface area contributed by atoms with Gasteiger partial charge in [-0.25, -0.2) is 0 Å². The standard InChI is InChI=1S/C22H33N5O.HI/c1-3-24-22(27-14-9-18(10-15-27)17-21(28)23-2)25-12-6-13-26-16-11-19-7-4-5-8-20(19)26;/h4-5,7-8,11,16,18H,3,6,9-10,12-15,17H2,1-2H3,(H,23,28)(H,24,25);1H. The summed E-state index contributed by atoms with van der Waals surface area (Å²) in [5, 5.41) is 7.46. The highest BCUT2D eigenvalue weighted by Crippen LogP contribution is 2.20. The third-order valence-electron chi connectivity index (χ3n) is 5.50. The number of hydrogen-bond donors (Lipinski definition) is 2. The number of carbonyl (C=O) groups excluding carboxylic acids is 1. The normalized spacial score (nSPS) is 15.2. The van der Waals surface area contributed by atoms with Gasteiger partial charge in [-0.15, -0.1) is 24.0 Å². The van der Waals surface area contributed by atoms with E-state index in [1.807, 2.05) is 0 Å². The van der Waals surface area contributed by atoms with Gasteiger partial charge in [0.25, 0.3) is 0 Å². The van der Waals surface area contributed by atoms with Gasteiger partial charge in [-0.2, -0.15) is 0 Å². The molecule has 2 heterocycles. The molecule has 1 fully saturated rings. The van der Waals surface area contributed by atoms with Gasteiger partial charge in [0.05, 0.1) is 0 Å². The number of hydrogen-bond acceptors (Lipinski definition) is 2. The van der Waals surface area contributed by atoms with E-state index in [4.69, 9.17) is 4.99 Å². The van der Waals surface area contributed by atoms with Crippen LogP contribution in [0.3, 0.4) is 0 Å². The lowest BCUT2D eigenvalue weighted by molar-refractivity contribution is -0.121. The van der Waals surface area contributed by atoms with E-state index in [0.717, 1.165) is 57.9 Å². The quantitative estimate of drug-likeness (QED) is 0.259. The van der Waals surface area contributed by atoms with Crippen molar-refractivity contribution >= 4 is 46.7 Å². The van der Waals surface area contributed by atoms with Crippen LogP contribution in [0.1, 0.15) is 32.6 Å². The molecule has 6 nitrogen and oxygen atoms in total. The molecule has 0 saturated carbocycles. The first kappa shape index (κ1) is 23.5. The number of nitrogens with zero attached hydrogens (tertiary/aromatic N) is 3. The van der Waals surface area contributed by atoms with Crippen molar-refractivity contribution in [2.24, 2.45) is 10.9 Å². The Labute approximate surface area is 191 Å². The van der Waals surface area contributed by atoms with E-state index in [1.165, 1.54) is 10.9 Å². The molecule has 1 aromatic heterocycles. The van der Waals surface area contributed by atoms with Gasteiger partial charge in [-0.3, -0.25) is 9.79 Å². The van der Waals surface area contributed by atoms with E-state index in [-0.39, 0.29) is 29.9 Å². The molecule has 0 radical (unpaired) electrons. The van der Waals surface area contributed by atoms with Gasteiger partial charge in [0.15, 0.2) is 5.96 Å². The molecule has 0 bridgehead atoms. The Hall–Kier alpha value is -1.77. The number of halogens is 1. The molecular formula is C22H34IN5O. The van der Waals surface area contributed by atoms with Crippen molar-refractivity contribution < 1.29 is 4.79 Å². The van der Waals surface area contributed by atoms with Gasteiger partial charge in [-0.05, 0) is 49.6 Å². The molecule has 0 unspecified atom stereocenters. The van der Waals surface area contributed by atoms with Crippen LogP contribution < -0.4 is 10.6 Å². The Morgan fingerprint density at radius 3 is 2.69 bits per heavy atom. The molecule has 1 amide bonds. The van der Waals surface area contributed by atoms with Crippen LogP contribution in [-0.4, -0.2) is 54.6 Å². The summed E-state index contributed by atoms with van der Waals surface area (Å²) in [7, 11) is 1.71. The predicted molar refractivity (Wildman–Crippen MR) is 131 cm³/mol. The van der Waals surface area contributed by atoms with Gasteiger partial charge in [-0.1, -0.05) is 18.2 Å². The van der Waals surface area contributed by atoms with E-state index in [1.54, 1.807) is 7.05 Å². The molecule has 2 aromatic rings. The van der Waals surface area contributed by atoms with Crippen LogP contribution in [0, 0.1) is 5.92 Å². The Morgan fingerprint density at radius 1 is 1.21 bits per heavy atom. The Morgan fingerprint density at radius 2 is 1.97 bits per heavy atom. The van der Waals surface area contributed by atoms with E-state index >= 15 is 0 Å². The molecule has 1 saturated heterocycles. The highest BCUT2D eigenvalue weighted by Gasteiger charge is 2.22. The molecule has 0 atom stereocenters. The number of amides is 1. The van der Waals surface area contributed by atoms with Gasteiger partial charge in [0, 0.05) is 57.9 Å². The number of aliphatic imine (C=N–C) groups is 1. The average molecular weight is 511 g/mol. The number of piperidine rings is 1. The molecule has 2 N–H and O–H groups in total. The SMILES string of the molecule is CCNC(=NCCCn1ccc2ccccc21)N1CCC(CC(=O)NC)CC1.I. The molecule has 160 valence electrons. The van der Waals surface area contributed by atoms with E-state index < -0.39 is 0 Å². The van der Waals surface area contributed by atoms with Crippen molar-refractivity contribution in [2.75, 3.05) is 33.2 Å². The van der Waals surface area contributed by atoms with Crippen LogP contribution in [0.5, 0.6) is 0 Å². The van der Waals surface area contributed by atoms with Crippen molar-refractivity contribution in [1.29, 1.82) is 0 Å². The van der Waals surface area contributed by atoms with Crippen LogP contribution in [0.15, 0.2) is 41.5 Å². The topological polar surface area (TPSA) is 61.7 Å². The fourth-order valence-corrected chi connectivity index (χ4v) is 3.90. The summed E-state index contributed by atoms with van der Waals surface area (Å²) in [6, 6.07) is 10.7. The van der Waals surface area contributed by atoms with Crippen molar-refractivity contribution in [3.05, 3.63) is 36.5 Å². The molecule has 3 rings (SSSR count). The maximum atomic E-state index is 11.6. The number of guanidine groups is 1. The lowest BCUT2D eigenvalue weighted by atomic mass is 9.93. The molecular weight excluding hydrogens is 477 g/mol. The summed E-state index contributed by atoms with van der Waals surface area (Å²) in [5.74, 6) is 1.65. The third kappa shape index (κ3) is 6.62. The maximum absolute atomic E-state index is 11.6. The number of fused-ring (bicyclic) bond motifs is 1. The highest BCUT2D eigenvalue weighted by molar-refractivity contribution is 14.0. The van der Waals surface area contributed by atoms with Gasteiger partial charge in [0.2, 0.25) is 5.91 Å². The zero-order valence-electron chi connectivity index (χ0n) is 17.6. The van der Waals surface area contributed by atoms with E-state index in [9.17, 15) is 4.79 Å². The largest absolute Gasteiger partial charge is 0.359 e. The van der Waals surface area contributed by atoms with Crippen LogP contribution in [0.25, 0.3) is 10.9 Å². The van der Waals surface area contributed by atoms with Crippen molar-refractivity contribution in [3.8, 4) is 0 Å². The second-order valence-electron chi connectivity index (χ2n) is 7.46. The number of aryl methyl sites for hydroxylation is 1. The minimum absolute atomic E-state index is 0. The molecule has 7 heteroatoms. The number of benzene rings is 1. The summed E-state index contributed by atoms with van der Waals surface area (Å²) >= 11 is 0. The van der Waals surface area contributed by atoms with Crippen molar-refractivity contribution in [3.63, 3.8) is 0 Å². The number of nitrogens with one attached hydrogen (secondary N) is 2. The summed E-state index contributed by atoms with van der Waals surface area (Å²) in [6.07, 6.45) is 5.92. The van der Waals surface area contributed by atoms with Crippen LogP contribution >= 0.6 is 24.0 Å². The third-order valence-corrected chi connectivity index (χ3v) is 5.50. The first-order valence-electron chi connectivity index (χ1n) is 10.5. The molecule has 1 aliphatic heterocycles. The summed E-state index contributed by atoms with van der Waals surface area (Å²) < 4.78 is 2.31. The second-order valence-corrected chi connectivity index (χ2v) is 7.46. The van der Waals surface area contributed by atoms with Gasteiger partial charge < -0.3 is 20.1 Å².